The van der Waals surface area contributed by atoms with Gasteiger partial charge in [-0.05, 0) is 24.8 Å². The van der Waals surface area contributed by atoms with Gasteiger partial charge < -0.3 is 0 Å². The van der Waals surface area contributed by atoms with Crippen LogP contribution in [0.4, 0.5) is 0 Å². The van der Waals surface area contributed by atoms with Gasteiger partial charge in [0.2, 0.25) is 11.8 Å². The number of carbonyl (C=O) groups is 2. The molecule has 16 heavy (non-hydrogen) atoms. The molecule has 2 heterocycles. The minimum atomic E-state index is -0.0246. The number of likely N-dealkylation sites (tertiary alicyclic amines) is 1. The summed E-state index contributed by atoms with van der Waals surface area (Å²) in [5.41, 5.74) is 1.11. The standard InChI is InChI=1S/C11H15N3O2/c15-10-4-1-5-11(16)14(10)6-2-3-9-7-12-13-8-9/h7-8H,1-6H2,(H,12,13). The molecular weight excluding hydrogens is 206 g/mol. The Morgan fingerprint density at radius 3 is 2.69 bits per heavy atom. The van der Waals surface area contributed by atoms with Gasteiger partial charge in [-0.1, -0.05) is 0 Å². The molecule has 2 amide bonds. The molecule has 0 aromatic carbocycles. The number of H-pyrrole nitrogens is 1. The number of piperidine rings is 1. The van der Waals surface area contributed by atoms with Gasteiger partial charge in [0.1, 0.15) is 0 Å². The third kappa shape index (κ3) is 2.48. The molecule has 0 spiro atoms. The van der Waals surface area contributed by atoms with E-state index in [4.69, 9.17) is 0 Å². The second-order valence-corrected chi connectivity index (χ2v) is 4.00. The molecule has 1 saturated heterocycles. The van der Waals surface area contributed by atoms with Gasteiger partial charge >= 0.3 is 0 Å². The quantitative estimate of drug-likeness (QED) is 0.767. The number of hydrogen-bond acceptors (Lipinski definition) is 3. The van der Waals surface area contributed by atoms with E-state index in [9.17, 15) is 9.59 Å². The van der Waals surface area contributed by atoms with Gasteiger partial charge in [-0.3, -0.25) is 19.6 Å². The van der Waals surface area contributed by atoms with Gasteiger partial charge in [0.05, 0.1) is 6.20 Å². The molecule has 1 aliphatic heterocycles. The molecule has 5 nitrogen and oxygen atoms in total. The van der Waals surface area contributed by atoms with Crippen LogP contribution < -0.4 is 0 Å². The number of rotatable bonds is 4. The molecule has 0 bridgehead atoms. The molecule has 86 valence electrons. The average molecular weight is 221 g/mol. The fourth-order valence-corrected chi connectivity index (χ4v) is 1.90. The third-order valence-corrected chi connectivity index (χ3v) is 2.79. The fourth-order valence-electron chi connectivity index (χ4n) is 1.90. The van der Waals surface area contributed by atoms with Crippen LogP contribution in [0.5, 0.6) is 0 Å². The van der Waals surface area contributed by atoms with Crippen LogP contribution in [0.15, 0.2) is 12.4 Å². The molecule has 2 rings (SSSR count). The zero-order chi connectivity index (χ0) is 11.4. The Bertz CT molecular complexity index is 357. The number of nitrogens with zero attached hydrogens (tertiary/aromatic N) is 2. The summed E-state index contributed by atoms with van der Waals surface area (Å²) in [4.78, 5) is 24.4. The van der Waals surface area contributed by atoms with Crippen molar-refractivity contribution in [1.82, 2.24) is 15.1 Å². The largest absolute Gasteiger partial charge is 0.285 e. The van der Waals surface area contributed by atoms with E-state index in [0.29, 0.717) is 25.8 Å². The lowest BCUT2D eigenvalue weighted by Gasteiger charge is -2.24. The maximum absolute atomic E-state index is 11.5. The maximum atomic E-state index is 11.5. The number of aryl methyl sites for hydroxylation is 1. The van der Waals surface area contributed by atoms with Gasteiger partial charge in [-0.2, -0.15) is 5.10 Å². The molecule has 5 heteroatoms. The Morgan fingerprint density at radius 1 is 1.31 bits per heavy atom. The summed E-state index contributed by atoms with van der Waals surface area (Å²) in [6.07, 6.45) is 6.97. The lowest BCUT2D eigenvalue weighted by Crippen LogP contribution is -2.40. The van der Waals surface area contributed by atoms with Crippen LogP contribution in [-0.2, 0) is 16.0 Å². The van der Waals surface area contributed by atoms with E-state index >= 15 is 0 Å². The van der Waals surface area contributed by atoms with E-state index in [1.54, 1.807) is 6.20 Å². The lowest BCUT2D eigenvalue weighted by molar-refractivity contribution is -0.147. The summed E-state index contributed by atoms with van der Waals surface area (Å²) in [5.74, 6) is -0.0492. The number of amides is 2. The van der Waals surface area contributed by atoms with Crippen LogP contribution >= 0.6 is 0 Å². The normalized spacial score (nSPS) is 16.9. The summed E-state index contributed by atoms with van der Waals surface area (Å²) < 4.78 is 0. The Hall–Kier alpha value is -1.65. The number of hydrogen-bond donors (Lipinski definition) is 1. The molecule has 1 aliphatic rings. The fraction of sp³-hybridized carbons (Fsp3) is 0.545. The Labute approximate surface area is 93.8 Å². The van der Waals surface area contributed by atoms with Gasteiger partial charge in [0.25, 0.3) is 0 Å². The van der Waals surface area contributed by atoms with E-state index in [2.05, 4.69) is 10.2 Å². The van der Waals surface area contributed by atoms with Crippen molar-refractivity contribution >= 4 is 11.8 Å². The smallest absolute Gasteiger partial charge is 0.229 e. The predicted molar refractivity (Wildman–Crippen MR) is 57.5 cm³/mol. The number of carbonyl (C=O) groups excluding carboxylic acids is 2. The molecule has 1 aromatic rings. The minimum Gasteiger partial charge on any atom is -0.285 e. The second kappa shape index (κ2) is 4.92. The molecule has 1 N–H and O–H groups in total. The Morgan fingerprint density at radius 2 is 2.06 bits per heavy atom. The van der Waals surface area contributed by atoms with Gasteiger partial charge in [0, 0.05) is 25.6 Å². The number of aromatic nitrogens is 2. The van der Waals surface area contributed by atoms with Crippen molar-refractivity contribution in [3.63, 3.8) is 0 Å². The highest BCUT2D eigenvalue weighted by Crippen LogP contribution is 2.13. The first-order valence-corrected chi connectivity index (χ1v) is 5.58. The SMILES string of the molecule is O=C1CCCC(=O)N1CCCc1cn[nH]c1. The van der Waals surface area contributed by atoms with Crippen LogP contribution in [0, 0.1) is 0 Å². The van der Waals surface area contributed by atoms with Crippen molar-refractivity contribution < 1.29 is 9.59 Å². The van der Waals surface area contributed by atoms with Crippen LogP contribution in [0.25, 0.3) is 0 Å². The monoisotopic (exact) mass is 221 g/mol. The van der Waals surface area contributed by atoms with Gasteiger partial charge in [-0.15, -0.1) is 0 Å². The van der Waals surface area contributed by atoms with Crippen LogP contribution in [0.1, 0.15) is 31.2 Å². The van der Waals surface area contributed by atoms with Gasteiger partial charge in [0.15, 0.2) is 0 Å². The molecule has 0 unspecified atom stereocenters. The van der Waals surface area contributed by atoms with E-state index in [-0.39, 0.29) is 11.8 Å². The molecule has 1 aromatic heterocycles. The first-order chi connectivity index (χ1) is 7.77. The lowest BCUT2D eigenvalue weighted by atomic mass is 10.1. The van der Waals surface area contributed by atoms with Gasteiger partial charge in [-0.25, -0.2) is 0 Å². The number of nitrogens with one attached hydrogen (secondary N) is 1. The average Bonchev–Trinajstić information content (AvgIpc) is 2.75. The molecule has 0 atom stereocenters. The molecule has 0 radical (unpaired) electrons. The number of aromatic amines is 1. The highest BCUT2D eigenvalue weighted by Gasteiger charge is 2.24. The van der Waals surface area contributed by atoms with E-state index < -0.39 is 0 Å². The number of imide groups is 1. The van der Waals surface area contributed by atoms with E-state index in [0.717, 1.165) is 18.4 Å². The van der Waals surface area contributed by atoms with Crippen molar-refractivity contribution in [2.45, 2.75) is 32.1 Å². The Kier molecular flexibility index (Phi) is 3.34. The third-order valence-electron chi connectivity index (χ3n) is 2.79. The maximum Gasteiger partial charge on any atom is 0.229 e. The van der Waals surface area contributed by atoms with E-state index in [1.807, 2.05) is 6.20 Å². The molecule has 0 saturated carbocycles. The van der Waals surface area contributed by atoms with Crippen molar-refractivity contribution in [3.05, 3.63) is 18.0 Å². The van der Waals surface area contributed by atoms with E-state index in [1.165, 1.54) is 4.90 Å². The summed E-state index contributed by atoms with van der Waals surface area (Å²) >= 11 is 0. The summed E-state index contributed by atoms with van der Waals surface area (Å²) in [5, 5.41) is 6.58. The van der Waals surface area contributed by atoms with Crippen molar-refractivity contribution in [2.75, 3.05) is 6.54 Å². The summed E-state index contributed by atoms with van der Waals surface area (Å²) in [6, 6.07) is 0. The zero-order valence-corrected chi connectivity index (χ0v) is 9.11. The van der Waals surface area contributed by atoms with Crippen molar-refractivity contribution in [1.29, 1.82) is 0 Å². The van der Waals surface area contributed by atoms with Crippen LogP contribution in [0.3, 0.4) is 0 Å². The first kappa shape index (κ1) is 10.9. The van der Waals surface area contributed by atoms with Crippen LogP contribution in [-0.4, -0.2) is 33.5 Å². The Balaban J connectivity index is 1.80. The highest BCUT2D eigenvalue weighted by atomic mass is 16.2. The molecular formula is C11H15N3O2. The minimum absolute atomic E-state index is 0.0246. The van der Waals surface area contributed by atoms with Crippen molar-refractivity contribution in [2.24, 2.45) is 0 Å². The molecule has 0 aliphatic carbocycles. The second-order valence-electron chi connectivity index (χ2n) is 4.00. The topological polar surface area (TPSA) is 66.1 Å². The van der Waals surface area contributed by atoms with Crippen molar-refractivity contribution in [3.8, 4) is 0 Å². The van der Waals surface area contributed by atoms with Crippen LogP contribution in [0.2, 0.25) is 0 Å². The summed E-state index contributed by atoms with van der Waals surface area (Å²) in [7, 11) is 0. The zero-order valence-electron chi connectivity index (χ0n) is 9.11. The highest BCUT2D eigenvalue weighted by molar-refractivity contribution is 5.97. The molecule has 1 fully saturated rings. The first-order valence-electron chi connectivity index (χ1n) is 5.58. The predicted octanol–water partition coefficient (Wildman–Crippen LogP) is 0.881. The summed E-state index contributed by atoms with van der Waals surface area (Å²) in [6.45, 7) is 0.531.